The van der Waals surface area contributed by atoms with Crippen molar-refractivity contribution in [3.8, 4) is 0 Å². The second-order valence-electron chi connectivity index (χ2n) is 4.37. The van der Waals surface area contributed by atoms with E-state index < -0.39 is 0 Å². The summed E-state index contributed by atoms with van der Waals surface area (Å²) < 4.78 is 14.4. The molecule has 1 atom stereocenters. The number of nitrogens with one attached hydrogen (secondary N) is 1. The van der Waals surface area contributed by atoms with Gasteiger partial charge in [-0.3, -0.25) is 4.79 Å². The largest absolute Gasteiger partial charge is 0.345 e. The van der Waals surface area contributed by atoms with Crippen LogP contribution >= 0.6 is 31.9 Å². The van der Waals surface area contributed by atoms with Gasteiger partial charge in [-0.25, -0.2) is 4.39 Å². The van der Waals surface area contributed by atoms with Gasteiger partial charge in [-0.05, 0) is 58.7 Å². The first-order valence-electron chi connectivity index (χ1n) is 5.99. The molecule has 1 N–H and O–H groups in total. The molecule has 1 unspecified atom stereocenters. The first kappa shape index (κ1) is 15.2. The van der Waals surface area contributed by atoms with Gasteiger partial charge in [-0.2, -0.15) is 0 Å². The van der Waals surface area contributed by atoms with Crippen LogP contribution in [0.25, 0.3) is 0 Å². The zero-order valence-electron chi connectivity index (χ0n) is 10.7. The predicted octanol–water partition coefficient (Wildman–Crippen LogP) is 4.84. The van der Waals surface area contributed by atoms with Gasteiger partial charge < -0.3 is 5.32 Å². The van der Waals surface area contributed by atoms with E-state index in [1.165, 1.54) is 18.2 Å². The molecule has 0 aliphatic carbocycles. The first-order valence-corrected chi connectivity index (χ1v) is 7.57. The number of halogens is 3. The summed E-state index contributed by atoms with van der Waals surface area (Å²) in [6.07, 6.45) is 0. The lowest BCUT2D eigenvalue weighted by Gasteiger charge is -2.15. The van der Waals surface area contributed by atoms with Gasteiger partial charge in [0.05, 0.1) is 11.6 Å². The molecule has 0 heterocycles. The highest BCUT2D eigenvalue weighted by molar-refractivity contribution is 9.10. The Morgan fingerprint density at radius 1 is 1.20 bits per heavy atom. The summed E-state index contributed by atoms with van der Waals surface area (Å²) in [5.74, 6) is -0.627. The lowest BCUT2D eigenvalue weighted by molar-refractivity contribution is 0.0939. The summed E-state index contributed by atoms with van der Waals surface area (Å²) in [6, 6.07) is 11.6. The summed E-state index contributed by atoms with van der Waals surface area (Å²) in [5.41, 5.74) is 1.40. The van der Waals surface area contributed by atoms with Crippen molar-refractivity contribution < 1.29 is 9.18 Å². The van der Waals surface area contributed by atoms with Crippen molar-refractivity contribution in [1.82, 2.24) is 5.32 Å². The fourth-order valence-electron chi connectivity index (χ4n) is 1.81. The van der Waals surface area contributed by atoms with Gasteiger partial charge >= 0.3 is 0 Å². The van der Waals surface area contributed by atoms with E-state index in [1.807, 2.05) is 31.2 Å². The van der Waals surface area contributed by atoms with Crippen molar-refractivity contribution >= 4 is 37.8 Å². The molecule has 2 aromatic rings. The Bertz CT molecular complexity index is 646. The zero-order chi connectivity index (χ0) is 14.7. The number of hydrogen-bond donors (Lipinski definition) is 1. The monoisotopic (exact) mass is 399 g/mol. The molecule has 0 radical (unpaired) electrons. The summed E-state index contributed by atoms with van der Waals surface area (Å²) in [5, 5.41) is 2.89. The van der Waals surface area contributed by atoms with Crippen LogP contribution in [0.2, 0.25) is 0 Å². The molecule has 0 fully saturated rings. The minimum absolute atomic E-state index is 0.142. The fraction of sp³-hybridized carbons (Fsp3) is 0.133. The van der Waals surface area contributed by atoms with Crippen LogP contribution in [0.4, 0.5) is 4.39 Å². The molecule has 0 spiro atoms. The van der Waals surface area contributed by atoms with Crippen molar-refractivity contribution in [2.75, 3.05) is 0 Å². The third-order valence-corrected chi connectivity index (χ3v) is 4.02. The molecule has 0 aromatic heterocycles. The molecule has 104 valence electrons. The van der Waals surface area contributed by atoms with Gasteiger partial charge in [-0.1, -0.05) is 28.1 Å². The van der Waals surface area contributed by atoms with E-state index in [4.69, 9.17) is 0 Å². The summed E-state index contributed by atoms with van der Waals surface area (Å²) in [4.78, 5) is 12.2. The van der Waals surface area contributed by atoms with Crippen LogP contribution in [0, 0.1) is 5.82 Å². The third kappa shape index (κ3) is 3.67. The third-order valence-electron chi connectivity index (χ3n) is 2.87. The molecule has 2 nitrogen and oxygen atoms in total. The molecular formula is C15H12Br2FNO. The number of amides is 1. The summed E-state index contributed by atoms with van der Waals surface area (Å²) in [7, 11) is 0. The molecule has 0 bridgehead atoms. The van der Waals surface area contributed by atoms with Gasteiger partial charge in [0.15, 0.2) is 0 Å². The van der Waals surface area contributed by atoms with Gasteiger partial charge in [-0.15, -0.1) is 0 Å². The van der Waals surface area contributed by atoms with E-state index >= 15 is 0 Å². The van der Waals surface area contributed by atoms with Crippen LogP contribution < -0.4 is 5.32 Å². The zero-order valence-corrected chi connectivity index (χ0v) is 13.8. The van der Waals surface area contributed by atoms with E-state index in [0.29, 0.717) is 10.0 Å². The Balaban J connectivity index is 2.15. The Morgan fingerprint density at radius 2 is 1.95 bits per heavy atom. The maximum atomic E-state index is 13.0. The minimum atomic E-state index is -0.381. The second-order valence-corrected chi connectivity index (χ2v) is 6.14. The minimum Gasteiger partial charge on any atom is -0.345 e. The van der Waals surface area contributed by atoms with Crippen LogP contribution in [0.1, 0.15) is 28.9 Å². The highest BCUT2D eigenvalue weighted by Gasteiger charge is 2.14. The standard InChI is InChI=1S/C15H12Br2FNO/c1-9(10-3-2-4-11(16)7-10)19-15(20)13-6-5-12(18)8-14(13)17/h2-9H,1H3,(H,19,20). The first-order chi connectivity index (χ1) is 9.47. The Labute approximate surface area is 133 Å². The average molecular weight is 401 g/mol. The van der Waals surface area contributed by atoms with Crippen LogP contribution in [-0.4, -0.2) is 5.91 Å². The van der Waals surface area contributed by atoms with Crippen molar-refractivity contribution in [1.29, 1.82) is 0 Å². The lowest BCUT2D eigenvalue weighted by atomic mass is 10.1. The van der Waals surface area contributed by atoms with Crippen molar-refractivity contribution in [3.63, 3.8) is 0 Å². The predicted molar refractivity (Wildman–Crippen MR) is 84.1 cm³/mol. The van der Waals surface area contributed by atoms with Crippen LogP contribution in [0.15, 0.2) is 51.4 Å². The quantitative estimate of drug-likeness (QED) is 0.784. The average Bonchev–Trinajstić information content (AvgIpc) is 2.38. The fourth-order valence-corrected chi connectivity index (χ4v) is 2.76. The Kier molecular flexibility index (Phi) is 4.94. The van der Waals surface area contributed by atoms with Crippen molar-refractivity contribution in [2.45, 2.75) is 13.0 Å². The molecule has 0 aliphatic heterocycles. The molecule has 0 aliphatic rings. The summed E-state index contributed by atoms with van der Waals surface area (Å²) >= 11 is 6.60. The Hall–Kier alpha value is -1.20. The lowest BCUT2D eigenvalue weighted by Crippen LogP contribution is -2.27. The van der Waals surface area contributed by atoms with Gasteiger partial charge in [0.25, 0.3) is 5.91 Å². The number of benzene rings is 2. The molecular weight excluding hydrogens is 389 g/mol. The topological polar surface area (TPSA) is 29.1 Å². The molecule has 0 saturated heterocycles. The van der Waals surface area contributed by atoms with E-state index in [9.17, 15) is 9.18 Å². The number of carbonyl (C=O) groups is 1. The van der Waals surface area contributed by atoms with E-state index in [2.05, 4.69) is 37.2 Å². The molecule has 2 aromatic carbocycles. The molecule has 0 saturated carbocycles. The van der Waals surface area contributed by atoms with Gasteiger partial charge in [0, 0.05) is 8.95 Å². The number of hydrogen-bond acceptors (Lipinski definition) is 1. The van der Waals surface area contributed by atoms with Crippen molar-refractivity contribution in [2.24, 2.45) is 0 Å². The maximum absolute atomic E-state index is 13.0. The SMILES string of the molecule is CC(NC(=O)c1ccc(F)cc1Br)c1cccc(Br)c1. The van der Waals surface area contributed by atoms with E-state index in [1.54, 1.807) is 0 Å². The number of rotatable bonds is 3. The van der Waals surface area contributed by atoms with E-state index in [0.717, 1.165) is 10.0 Å². The Morgan fingerprint density at radius 3 is 2.60 bits per heavy atom. The molecule has 1 amide bonds. The highest BCUT2D eigenvalue weighted by atomic mass is 79.9. The summed E-state index contributed by atoms with van der Waals surface area (Å²) in [6.45, 7) is 1.90. The van der Waals surface area contributed by atoms with Crippen molar-refractivity contribution in [3.05, 3.63) is 68.4 Å². The highest BCUT2D eigenvalue weighted by Crippen LogP contribution is 2.21. The maximum Gasteiger partial charge on any atom is 0.252 e. The van der Waals surface area contributed by atoms with E-state index in [-0.39, 0.29) is 17.8 Å². The molecule has 5 heteroatoms. The van der Waals surface area contributed by atoms with Crippen LogP contribution in [0.5, 0.6) is 0 Å². The number of carbonyl (C=O) groups excluding carboxylic acids is 1. The van der Waals surface area contributed by atoms with Crippen LogP contribution in [-0.2, 0) is 0 Å². The van der Waals surface area contributed by atoms with Crippen LogP contribution in [0.3, 0.4) is 0 Å². The molecule has 20 heavy (non-hydrogen) atoms. The normalized spacial score (nSPS) is 12.0. The smallest absolute Gasteiger partial charge is 0.252 e. The second kappa shape index (κ2) is 6.50. The molecule has 2 rings (SSSR count). The van der Waals surface area contributed by atoms with Gasteiger partial charge in [0.2, 0.25) is 0 Å². The van der Waals surface area contributed by atoms with Gasteiger partial charge in [0.1, 0.15) is 5.82 Å².